The molecular weight excluding hydrogens is 484 g/mol. The van der Waals surface area contributed by atoms with Crippen LogP contribution in [0.25, 0.3) is 0 Å². The Labute approximate surface area is 195 Å². The molecule has 0 radical (unpaired) electrons. The topological polar surface area (TPSA) is 103 Å². The smallest absolute Gasteiger partial charge is 0.490 e. The van der Waals surface area contributed by atoms with Gasteiger partial charge >= 0.3 is 18.6 Å². The number of amides is 3. The van der Waals surface area contributed by atoms with Gasteiger partial charge in [-0.05, 0) is 56.0 Å². The summed E-state index contributed by atoms with van der Waals surface area (Å²) in [5.74, 6) is -1.63. The standard InChI is InChI=1S/C22H21F6N3O4/c23-21(24,25)18-9-8-15(11-17(18)19(29)32)34-14-6-4-12(5-7-14)30-20(33)31-13-2-1-3-16(10-13)35-22(26,27)28/h1-3,8-12,14H,4-7H2,(H2,29,32)(H2,30,31,33)/t12-,14-. The zero-order valence-electron chi connectivity index (χ0n) is 18.0. The van der Waals surface area contributed by atoms with Crippen molar-refractivity contribution in [1.82, 2.24) is 5.32 Å². The van der Waals surface area contributed by atoms with Crippen molar-refractivity contribution < 1.29 is 45.4 Å². The molecule has 0 bridgehead atoms. The van der Waals surface area contributed by atoms with E-state index < -0.39 is 41.4 Å². The van der Waals surface area contributed by atoms with E-state index in [1.165, 1.54) is 12.1 Å². The lowest BCUT2D eigenvalue weighted by atomic mass is 9.93. The number of carbonyl (C=O) groups excluding carboxylic acids is 2. The highest BCUT2D eigenvalue weighted by Gasteiger charge is 2.35. The third-order valence-electron chi connectivity index (χ3n) is 5.20. The maximum atomic E-state index is 13.0. The monoisotopic (exact) mass is 505 g/mol. The molecule has 1 saturated carbocycles. The number of primary amides is 1. The van der Waals surface area contributed by atoms with Crippen LogP contribution in [0.5, 0.6) is 11.5 Å². The zero-order chi connectivity index (χ0) is 25.8. The van der Waals surface area contributed by atoms with Crippen molar-refractivity contribution in [2.24, 2.45) is 5.73 Å². The molecule has 13 heteroatoms. The second kappa shape index (κ2) is 10.3. The van der Waals surface area contributed by atoms with E-state index in [2.05, 4.69) is 15.4 Å². The van der Waals surface area contributed by atoms with Crippen LogP contribution in [-0.4, -0.2) is 30.4 Å². The molecule has 1 fully saturated rings. The number of halogens is 6. The predicted octanol–water partition coefficient (Wildman–Crippen LogP) is 5.21. The van der Waals surface area contributed by atoms with E-state index >= 15 is 0 Å². The van der Waals surface area contributed by atoms with Gasteiger partial charge in [0, 0.05) is 17.8 Å². The van der Waals surface area contributed by atoms with E-state index in [9.17, 15) is 35.9 Å². The summed E-state index contributed by atoms with van der Waals surface area (Å²) >= 11 is 0. The van der Waals surface area contributed by atoms with E-state index in [1.54, 1.807) is 0 Å². The van der Waals surface area contributed by atoms with Gasteiger partial charge in [-0.1, -0.05) is 6.07 Å². The third-order valence-corrected chi connectivity index (χ3v) is 5.20. The molecule has 2 aromatic carbocycles. The van der Waals surface area contributed by atoms with E-state index in [4.69, 9.17) is 10.5 Å². The second-order valence-electron chi connectivity index (χ2n) is 7.83. The van der Waals surface area contributed by atoms with E-state index in [0.717, 1.165) is 30.3 Å². The lowest BCUT2D eigenvalue weighted by Gasteiger charge is -2.29. The normalized spacial score (nSPS) is 18.5. The Bertz CT molecular complexity index is 1070. The zero-order valence-corrected chi connectivity index (χ0v) is 18.0. The van der Waals surface area contributed by atoms with Crippen molar-refractivity contribution in [2.45, 2.75) is 50.4 Å². The largest absolute Gasteiger partial charge is 0.573 e. The van der Waals surface area contributed by atoms with Gasteiger partial charge in [-0.25, -0.2) is 4.79 Å². The van der Waals surface area contributed by atoms with E-state index in [0.29, 0.717) is 25.7 Å². The molecule has 35 heavy (non-hydrogen) atoms. The summed E-state index contributed by atoms with van der Waals surface area (Å²) < 4.78 is 85.6. The lowest BCUT2D eigenvalue weighted by Crippen LogP contribution is -2.41. The number of alkyl halides is 6. The van der Waals surface area contributed by atoms with Crippen LogP contribution in [0.2, 0.25) is 0 Å². The Kier molecular flexibility index (Phi) is 7.66. The summed E-state index contributed by atoms with van der Waals surface area (Å²) in [6, 6.07) is 6.77. The van der Waals surface area contributed by atoms with Gasteiger partial charge in [-0.2, -0.15) is 13.2 Å². The molecule has 4 N–H and O–H groups in total. The lowest BCUT2D eigenvalue weighted by molar-refractivity contribution is -0.274. The summed E-state index contributed by atoms with van der Waals surface area (Å²) in [7, 11) is 0. The molecule has 2 aromatic rings. The molecule has 7 nitrogen and oxygen atoms in total. The van der Waals surface area contributed by atoms with Gasteiger partial charge in [-0.3, -0.25) is 4.79 Å². The summed E-state index contributed by atoms with van der Waals surface area (Å²) in [5.41, 5.74) is 3.34. The minimum atomic E-state index is -4.86. The first-order chi connectivity index (χ1) is 16.3. The van der Waals surface area contributed by atoms with Crippen molar-refractivity contribution in [3.05, 3.63) is 53.6 Å². The third kappa shape index (κ3) is 7.69. The minimum Gasteiger partial charge on any atom is -0.490 e. The maximum absolute atomic E-state index is 13.0. The first kappa shape index (κ1) is 26.0. The molecule has 190 valence electrons. The number of urea groups is 1. The highest BCUT2D eigenvalue weighted by atomic mass is 19.4. The highest BCUT2D eigenvalue weighted by Crippen LogP contribution is 2.34. The Morgan fingerprint density at radius 3 is 2.20 bits per heavy atom. The summed E-state index contributed by atoms with van der Waals surface area (Å²) in [4.78, 5) is 23.6. The summed E-state index contributed by atoms with van der Waals surface area (Å²) in [5, 5.41) is 5.15. The van der Waals surface area contributed by atoms with Crippen molar-refractivity contribution in [1.29, 1.82) is 0 Å². The molecule has 1 aliphatic rings. The number of hydrogen-bond donors (Lipinski definition) is 3. The van der Waals surface area contributed by atoms with E-state index in [-0.39, 0.29) is 23.6 Å². The van der Waals surface area contributed by atoms with Crippen molar-refractivity contribution in [2.75, 3.05) is 5.32 Å². The predicted molar refractivity (Wildman–Crippen MR) is 112 cm³/mol. The average Bonchev–Trinajstić information content (AvgIpc) is 2.73. The van der Waals surface area contributed by atoms with Crippen LogP contribution >= 0.6 is 0 Å². The number of benzene rings is 2. The Morgan fingerprint density at radius 1 is 0.914 bits per heavy atom. The maximum Gasteiger partial charge on any atom is 0.573 e. The van der Waals surface area contributed by atoms with Crippen LogP contribution in [0.1, 0.15) is 41.6 Å². The Morgan fingerprint density at radius 2 is 1.60 bits per heavy atom. The molecular formula is C22H21F6N3O4. The minimum absolute atomic E-state index is 0.0712. The molecule has 0 spiro atoms. The number of ether oxygens (including phenoxy) is 2. The van der Waals surface area contributed by atoms with Gasteiger partial charge in [0.15, 0.2) is 0 Å². The average molecular weight is 505 g/mol. The SMILES string of the molecule is NC(=O)c1cc(O[C@H]2CC[C@H](NC(=O)Nc3cccc(OC(F)(F)F)c3)CC2)ccc1C(F)(F)F. The molecule has 3 rings (SSSR count). The van der Waals surface area contributed by atoms with Crippen LogP contribution in [0, 0.1) is 0 Å². The fourth-order valence-corrected chi connectivity index (χ4v) is 3.69. The first-order valence-electron chi connectivity index (χ1n) is 10.4. The number of anilines is 1. The number of nitrogens with one attached hydrogen (secondary N) is 2. The second-order valence-corrected chi connectivity index (χ2v) is 7.83. The number of nitrogens with two attached hydrogens (primary N) is 1. The van der Waals surface area contributed by atoms with Crippen LogP contribution in [0.15, 0.2) is 42.5 Å². The Balaban J connectivity index is 1.51. The fourth-order valence-electron chi connectivity index (χ4n) is 3.69. The molecule has 0 unspecified atom stereocenters. The van der Waals surface area contributed by atoms with Crippen molar-refractivity contribution in [3.8, 4) is 11.5 Å². The van der Waals surface area contributed by atoms with Crippen LogP contribution in [0.3, 0.4) is 0 Å². The molecule has 0 saturated heterocycles. The van der Waals surface area contributed by atoms with Gasteiger partial charge in [0.1, 0.15) is 11.5 Å². The van der Waals surface area contributed by atoms with Gasteiger partial charge < -0.3 is 25.8 Å². The first-order valence-corrected chi connectivity index (χ1v) is 10.4. The number of carbonyl (C=O) groups is 2. The molecule has 0 aliphatic heterocycles. The van der Waals surface area contributed by atoms with Crippen LogP contribution in [0.4, 0.5) is 36.8 Å². The van der Waals surface area contributed by atoms with Crippen molar-refractivity contribution >= 4 is 17.6 Å². The molecule has 3 amide bonds. The van der Waals surface area contributed by atoms with Crippen LogP contribution < -0.4 is 25.8 Å². The summed E-state index contributed by atoms with van der Waals surface area (Å²) in [6.45, 7) is 0. The molecule has 0 atom stereocenters. The molecule has 0 aromatic heterocycles. The van der Waals surface area contributed by atoms with E-state index in [1.807, 2.05) is 0 Å². The quantitative estimate of drug-likeness (QED) is 0.469. The van der Waals surface area contributed by atoms with Crippen molar-refractivity contribution in [3.63, 3.8) is 0 Å². The summed E-state index contributed by atoms with van der Waals surface area (Å²) in [6.07, 6.45) is -8.05. The molecule has 0 heterocycles. The van der Waals surface area contributed by atoms with Gasteiger partial charge in [-0.15, -0.1) is 13.2 Å². The highest BCUT2D eigenvalue weighted by molar-refractivity contribution is 5.95. The number of hydrogen-bond acceptors (Lipinski definition) is 4. The fraction of sp³-hybridized carbons (Fsp3) is 0.364. The van der Waals surface area contributed by atoms with Gasteiger partial charge in [0.25, 0.3) is 0 Å². The Hall–Kier alpha value is -3.64. The van der Waals surface area contributed by atoms with Crippen LogP contribution in [-0.2, 0) is 6.18 Å². The number of rotatable bonds is 6. The van der Waals surface area contributed by atoms with Gasteiger partial charge in [0.2, 0.25) is 5.91 Å². The van der Waals surface area contributed by atoms with Gasteiger partial charge in [0.05, 0.1) is 17.2 Å². The molecule has 1 aliphatic carbocycles.